The second-order valence-electron chi connectivity index (χ2n) is 4.99. The summed E-state index contributed by atoms with van der Waals surface area (Å²) >= 11 is 5.88. The molecule has 126 valence electrons. The van der Waals surface area contributed by atoms with Crippen LogP contribution < -0.4 is 20.5 Å². The lowest BCUT2D eigenvalue weighted by Gasteiger charge is -2.15. The summed E-state index contributed by atoms with van der Waals surface area (Å²) in [6.07, 6.45) is -0.723. The highest BCUT2D eigenvalue weighted by atomic mass is 35.5. The Balaban J connectivity index is 1.95. The van der Waals surface area contributed by atoms with Crippen molar-refractivity contribution in [3.8, 4) is 11.5 Å². The highest BCUT2D eigenvalue weighted by Gasteiger charge is 2.15. The van der Waals surface area contributed by atoms with Gasteiger partial charge in [0.1, 0.15) is 11.5 Å². The molecule has 24 heavy (non-hydrogen) atoms. The van der Waals surface area contributed by atoms with Crippen LogP contribution in [-0.4, -0.2) is 24.5 Å². The second kappa shape index (κ2) is 8.21. The Morgan fingerprint density at radius 3 is 2.58 bits per heavy atom. The van der Waals surface area contributed by atoms with Gasteiger partial charge in [0, 0.05) is 16.8 Å². The van der Waals surface area contributed by atoms with Crippen molar-refractivity contribution in [2.45, 2.75) is 13.0 Å². The van der Waals surface area contributed by atoms with Crippen molar-refractivity contribution in [2.24, 2.45) is 5.73 Å². The van der Waals surface area contributed by atoms with Crippen LogP contribution in [0.4, 0.5) is 5.69 Å². The first kappa shape index (κ1) is 17.6. The first-order valence-corrected chi connectivity index (χ1v) is 7.56. The number of benzene rings is 2. The summed E-state index contributed by atoms with van der Waals surface area (Å²) in [4.78, 5) is 22.9. The van der Waals surface area contributed by atoms with Gasteiger partial charge in [-0.25, -0.2) is 0 Å². The third kappa shape index (κ3) is 5.48. The van der Waals surface area contributed by atoms with Gasteiger partial charge in [-0.1, -0.05) is 23.7 Å². The average Bonchev–Trinajstić information content (AvgIpc) is 2.53. The van der Waals surface area contributed by atoms with E-state index in [1.54, 1.807) is 55.5 Å². The molecule has 2 rings (SSSR count). The molecule has 0 fully saturated rings. The molecule has 0 aromatic heterocycles. The van der Waals surface area contributed by atoms with Gasteiger partial charge in [-0.15, -0.1) is 0 Å². The van der Waals surface area contributed by atoms with Gasteiger partial charge in [0.15, 0.2) is 12.7 Å². The van der Waals surface area contributed by atoms with Crippen LogP contribution in [0, 0.1) is 0 Å². The van der Waals surface area contributed by atoms with Crippen LogP contribution in [-0.2, 0) is 9.59 Å². The Morgan fingerprint density at radius 1 is 1.17 bits per heavy atom. The number of carbonyl (C=O) groups is 2. The summed E-state index contributed by atoms with van der Waals surface area (Å²) in [5, 5.41) is 3.24. The Labute approximate surface area is 144 Å². The van der Waals surface area contributed by atoms with Gasteiger partial charge in [-0.2, -0.15) is 0 Å². The fourth-order valence-electron chi connectivity index (χ4n) is 1.86. The van der Waals surface area contributed by atoms with Crippen molar-refractivity contribution in [3.63, 3.8) is 0 Å². The first-order valence-electron chi connectivity index (χ1n) is 7.18. The van der Waals surface area contributed by atoms with Crippen LogP contribution in [0.1, 0.15) is 6.92 Å². The van der Waals surface area contributed by atoms with Gasteiger partial charge >= 0.3 is 0 Å². The summed E-state index contributed by atoms with van der Waals surface area (Å²) in [6.45, 7) is 1.40. The van der Waals surface area contributed by atoms with Crippen LogP contribution >= 0.6 is 11.6 Å². The highest BCUT2D eigenvalue weighted by molar-refractivity contribution is 6.30. The van der Waals surface area contributed by atoms with Crippen molar-refractivity contribution in [2.75, 3.05) is 11.9 Å². The number of rotatable bonds is 7. The van der Waals surface area contributed by atoms with E-state index in [9.17, 15) is 9.59 Å². The van der Waals surface area contributed by atoms with E-state index in [0.717, 1.165) is 0 Å². The Hall–Kier alpha value is -2.73. The van der Waals surface area contributed by atoms with Gasteiger partial charge < -0.3 is 20.5 Å². The van der Waals surface area contributed by atoms with Gasteiger partial charge in [-0.05, 0) is 37.3 Å². The van der Waals surface area contributed by atoms with E-state index in [4.69, 9.17) is 26.8 Å². The molecule has 2 aromatic rings. The topological polar surface area (TPSA) is 90.7 Å². The number of hydrogen-bond donors (Lipinski definition) is 2. The molecule has 0 saturated carbocycles. The molecule has 2 amide bonds. The molecule has 1 atom stereocenters. The average molecular weight is 349 g/mol. The molecule has 6 nitrogen and oxygen atoms in total. The van der Waals surface area contributed by atoms with Gasteiger partial charge in [0.2, 0.25) is 0 Å². The van der Waals surface area contributed by atoms with Crippen LogP contribution in [0.15, 0.2) is 48.5 Å². The van der Waals surface area contributed by atoms with E-state index >= 15 is 0 Å². The lowest BCUT2D eigenvalue weighted by molar-refractivity contribution is -0.122. The molecule has 0 heterocycles. The molecule has 3 N–H and O–H groups in total. The molecular weight excluding hydrogens is 332 g/mol. The van der Waals surface area contributed by atoms with Crippen molar-refractivity contribution in [1.82, 2.24) is 0 Å². The molecule has 0 spiro atoms. The quantitative estimate of drug-likeness (QED) is 0.804. The van der Waals surface area contributed by atoms with E-state index < -0.39 is 12.0 Å². The van der Waals surface area contributed by atoms with E-state index in [-0.39, 0.29) is 12.5 Å². The highest BCUT2D eigenvalue weighted by Crippen LogP contribution is 2.20. The maximum Gasteiger partial charge on any atom is 0.265 e. The van der Waals surface area contributed by atoms with Gasteiger partial charge in [0.05, 0.1) is 0 Å². The number of carbonyl (C=O) groups excluding carboxylic acids is 2. The fourth-order valence-corrected chi connectivity index (χ4v) is 2.04. The van der Waals surface area contributed by atoms with Gasteiger partial charge in [0.25, 0.3) is 11.8 Å². The maximum atomic E-state index is 12.2. The summed E-state index contributed by atoms with van der Waals surface area (Å²) in [5.41, 5.74) is 5.54. The molecule has 0 aliphatic heterocycles. The molecular formula is C17H17ClN2O4. The van der Waals surface area contributed by atoms with E-state index in [1.165, 1.54) is 0 Å². The molecule has 0 aliphatic carbocycles. The smallest absolute Gasteiger partial charge is 0.265 e. The monoisotopic (exact) mass is 348 g/mol. The predicted molar refractivity (Wildman–Crippen MR) is 91.3 cm³/mol. The first-order chi connectivity index (χ1) is 11.4. The Morgan fingerprint density at radius 2 is 1.88 bits per heavy atom. The molecule has 0 saturated heterocycles. The summed E-state index contributed by atoms with van der Waals surface area (Å²) in [5.74, 6) is 0.0220. The van der Waals surface area contributed by atoms with Crippen molar-refractivity contribution in [3.05, 3.63) is 53.6 Å². The van der Waals surface area contributed by atoms with E-state index in [2.05, 4.69) is 5.32 Å². The number of ether oxygens (including phenoxy) is 2. The van der Waals surface area contributed by atoms with Crippen LogP contribution in [0.2, 0.25) is 5.02 Å². The minimum Gasteiger partial charge on any atom is -0.484 e. The maximum absolute atomic E-state index is 12.2. The number of primary amides is 1. The molecule has 0 unspecified atom stereocenters. The van der Waals surface area contributed by atoms with Crippen molar-refractivity contribution >= 4 is 29.1 Å². The van der Waals surface area contributed by atoms with Crippen molar-refractivity contribution < 1.29 is 19.1 Å². The Bertz CT molecular complexity index is 736. The van der Waals surface area contributed by atoms with Gasteiger partial charge in [-0.3, -0.25) is 9.59 Å². The second-order valence-corrected chi connectivity index (χ2v) is 5.43. The fraction of sp³-hybridized carbons (Fsp3) is 0.176. The number of amides is 2. The van der Waals surface area contributed by atoms with E-state index in [0.29, 0.717) is 22.2 Å². The number of nitrogens with one attached hydrogen (secondary N) is 1. The standard InChI is InChI=1S/C17H17ClN2O4/c1-11(24-15-7-2-4-12(18)8-15)17(22)20-13-5-3-6-14(9-13)23-10-16(19)21/h2-9,11H,10H2,1H3,(H2,19,21)(H,20,22)/t11-/m1/s1. The minimum atomic E-state index is -0.723. The normalized spacial score (nSPS) is 11.4. The van der Waals surface area contributed by atoms with Crippen LogP contribution in [0.5, 0.6) is 11.5 Å². The predicted octanol–water partition coefficient (Wildman–Crippen LogP) is 2.61. The molecule has 0 bridgehead atoms. The minimum absolute atomic E-state index is 0.230. The molecule has 7 heteroatoms. The van der Waals surface area contributed by atoms with Crippen LogP contribution in [0.25, 0.3) is 0 Å². The number of hydrogen-bond acceptors (Lipinski definition) is 4. The molecule has 0 aliphatic rings. The third-order valence-corrected chi connectivity index (χ3v) is 3.20. The third-order valence-electron chi connectivity index (χ3n) is 2.96. The zero-order chi connectivity index (χ0) is 17.5. The Kier molecular flexibility index (Phi) is 6.03. The summed E-state index contributed by atoms with van der Waals surface area (Å²) in [7, 11) is 0. The zero-order valence-electron chi connectivity index (χ0n) is 13.0. The molecule has 0 radical (unpaired) electrons. The summed E-state index contributed by atoms with van der Waals surface area (Å²) in [6, 6.07) is 13.4. The number of anilines is 1. The number of halogens is 1. The molecule has 2 aromatic carbocycles. The number of nitrogens with two attached hydrogens (primary N) is 1. The lowest BCUT2D eigenvalue weighted by atomic mass is 10.2. The summed E-state index contributed by atoms with van der Waals surface area (Å²) < 4.78 is 10.7. The van der Waals surface area contributed by atoms with Crippen molar-refractivity contribution in [1.29, 1.82) is 0 Å². The SMILES string of the molecule is C[C@@H](Oc1cccc(Cl)c1)C(=O)Nc1cccc(OCC(N)=O)c1. The zero-order valence-corrected chi connectivity index (χ0v) is 13.7. The largest absolute Gasteiger partial charge is 0.484 e. The van der Waals surface area contributed by atoms with E-state index in [1.807, 2.05) is 0 Å². The van der Waals surface area contributed by atoms with Crippen LogP contribution in [0.3, 0.4) is 0 Å². The lowest BCUT2D eigenvalue weighted by Crippen LogP contribution is -2.30.